The smallest absolute Gasteiger partial charge is 0.327 e. The van der Waals surface area contributed by atoms with Gasteiger partial charge in [0.15, 0.2) is 0 Å². The number of aromatic nitrogens is 1. The third kappa shape index (κ3) is 3.35. The van der Waals surface area contributed by atoms with Crippen LogP contribution < -0.4 is 10.1 Å². The highest BCUT2D eigenvalue weighted by Crippen LogP contribution is 2.29. The van der Waals surface area contributed by atoms with Crippen molar-refractivity contribution in [2.45, 2.75) is 25.4 Å². The monoisotopic (exact) mass is 312 g/mol. The van der Waals surface area contributed by atoms with Crippen LogP contribution in [0.15, 0.2) is 42.6 Å². The Bertz CT molecular complexity index is 688. The highest BCUT2D eigenvalue weighted by atomic mass is 16.5. The van der Waals surface area contributed by atoms with Crippen molar-refractivity contribution in [1.82, 2.24) is 10.3 Å². The second kappa shape index (κ2) is 6.79. The Morgan fingerprint density at radius 1 is 1.35 bits per heavy atom. The molecule has 2 heterocycles. The minimum Gasteiger partial charge on any atom is -0.493 e. The molecule has 0 aliphatic carbocycles. The molecule has 0 radical (unpaired) electrons. The fourth-order valence-corrected chi connectivity index (χ4v) is 2.77. The summed E-state index contributed by atoms with van der Waals surface area (Å²) >= 11 is 0. The molecule has 1 aliphatic heterocycles. The predicted molar refractivity (Wildman–Crippen MR) is 86.2 cm³/mol. The first-order valence-electron chi connectivity index (χ1n) is 7.69. The summed E-state index contributed by atoms with van der Waals surface area (Å²) in [6.07, 6.45) is 2.61. The Balaban J connectivity index is 1.85. The zero-order valence-electron chi connectivity index (χ0n) is 13.3. The van der Waals surface area contributed by atoms with Crippen LogP contribution in [-0.4, -0.2) is 24.7 Å². The number of methoxy groups -OCH3 is 1. The van der Waals surface area contributed by atoms with E-state index in [9.17, 15) is 4.79 Å². The highest BCUT2D eigenvalue weighted by molar-refractivity contribution is 5.77. The summed E-state index contributed by atoms with van der Waals surface area (Å²) < 4.78 is 10.5. The van der Waals surface area contributed by atoms with Crippen molar-refractivity contribution in [2.24, 2.45) is 0 Å². The van der Waals surface area contributed by atoms with Gasteiger partial charge >= 0.3 is 5.97 Å². The molecule has 5 heteroatoms. The minimum absolute atomic E-state index is 0.0789. The number of ether oxygens (including phenoxy) is 2. The van der Waals surface area contributed by atoms with Crippen molar-refractivity contribution in [1.29, 1.82) is 0 Å². The molecule has 0 unspecified atom stereocenters. The number of pyridine rings is 1. The van der Waals surface area contributed by atoms with E-state index in [0.29, 0.717) is 6.61 Å². The van der Waals surface area contributed by atoms with Gasteiger partial charge in [0.2, 0.25) is 0 Å². The fourth-order valence-electron chi connectivity index (χ4n) is 2.77. The molecule has 0 spiro atoms. The summed E-state index contributed by atoms with van der Waals surface area (Å²) in [5.74, 6) is 0.585. The van der Waals surface area contributed by atoms with Crippen molar-refractivity contribution >= 4 is 5.97 Å². The first-order valence-corrected chi connectivity index (χ1v) is 7.69. The summed E-state index contributed by atoms with van der Waals surface area (Å²) in [5, 5.41) is 3.31. The minimum atomic E-state index is -0.539. The second-order valence-electron chi connectivity index (χ2n) is 5.56. The predicted octanol–water partition coefficient (Wildman–Crippen LogP) is 2.58. The van der Waals surface area contributed by atoms with Gasteiger partial charge in [0, 0.05) is 18.7 Å². The third-order valence-corrected chi connectivity index (χ3v) is 4.03. The SMILES string of the molecule is COC(=O)[C@@H](N[C@@H](C)c1ccccn1)c1ccc2c(c1)CCO2. The van der Waals surface area contributed by atoms with Crippen LogP contribution in [0.4, 0.5) is 0 Å². The lowest BCUT2D eigenvalue weighted by molar-refractivity contribution is -0.143. The summed E-state index contributed by atoms with van der Waals surface area (Å²) in [7, 11) is 1.40. The van der Waals surface area contributed by atoms with E-state index in [1.165, 1.54) is 7.11 Å². The molecule has 0 saturated carbocycles. The summed E-state index contributed by atoms with van der Waals surface area (Å²) in [6.45, 7) is 2.67. The van der Waals surface area contributed by atoms with E-state index in [1.807, 2.05) is 43.3 Å². The van der Waals surface area contributed by atoms with Crippen LogP contribution in [0.5, 0.6) is 5.75 Å². The average molecular weight is 312 g/mol. The normalized spacial score (nSPS) is 15.4. The van der Waals surface area contributed by atoms with Gasteiger partial charge < -0.3 is 9.47 Å². The Hall–Kier alpha value is -2.40. The van der Waals surface area contributed by atoms with E-state index in [-0.39, 0.29) is 12.0 Å². The Morgan fingerprint density at radius 3 is 2.96 bits per heavy atom. The van der Waals surface area contributed by atoms with Gasteiger partial charge in [-0.3, -0.25) is 10.3 Å². The number of carbonyl (C=O) groups is 1. The number of rotatable bonds is 5. The quantitative estimate of drug-likeness (QED) is 0.860. The van der Waals surface area contributed by atoms with Crippen LogP contribution in [-0.2, 0) is 16.0 Å². The number of nitrogens with zero attached hydrogens (tertiary/aromatic N) is 1. The van der Waals surface area contributed by atoms with Gasteiger partial charge in [0.05, 0.1) is 19.4 Å². The molecule has 2 atom stereocenters. The number of esters is 1. The maximum atomic E-state index is 12.2. The topological polar surface area (TPSA) is 60.5 Å². The molecule has 3 rings (SSSR count). The molecule has 2 aromatic rings. The number of carbonyl (C=O) groups excluding carboxylic acids is 1. The van der Waals surface area contributed by atoms with E-state index in [1.54, 1.807) is 6.20 Å². The van der Waals surface area contributed by atoms with Crippen LogP contribution in [0.2, 0.25) is 0 Å². The Morgan fingerprint density at radius 2 is 2.22 bits per heavy atom. The van der Waals surface area contributed by atoms with E-state index < -0.39 is 6.04 Å². The molecular formula is C18H20N2O3. The van der Waals surface area contributed by atoms with Gasteiger partial charge in [-0.25, -0.2) is 4.79 Å². The van der Waals surface area contributed by atoms with Crippen LogP contribution in [0, 0.1) is 0 Å². The molecule has 0 fully saturated rings. The van der Waals surface area contributed by atoms with Crippen LogP contribution in [0.1, 0.15) is 35.8 Å². The lowest BCUT2D eigenvalue weighted by Crippen LogP contribution is -2.32. The van der Waals surface area contributed by atoms with E-state index >= 15 is 0 Å². The van der Waals surface area contributed by atoms with Crippen molar-refractivity contribution < 1.29 is 14.3 Å². The molecular weight excluding hydrogens is 292 g/mol. The molecule has 1 aromatic heterocycles. The first-order chi connectivity index (χ1) is 11.2. The van der Waals surface area contributed by atoms with Gasteiger partial charge in [-0.2, -0.15) is 0 Å². The van der Waals surface area contributed by atoms with Crippen molar-refractivity contribution in [3.8, 4) is 5.75 Å². The van der Waals surface area contributed by atoms with Crippen molar-refractivity contribution in [2.75, 3.05) is 13.7 Å². The van der Waals surface area contributed by atoms with Gasteiger partial charge in [-0.1, -0.05) is 12.1 Å². The maximum Gasteiger partial charge on any atom is 0.327 e. The zero-order chi connectivity index (χ0) is 16.2. The molecule has 0 amide bonds. The summed E-state index contributed by atoms with van der Waals surface area (Å²) in [5.41, 5.74) is 2.89. The van der Waals surface area contributed by atoms with Gasteiger partial charge in [0.25, 0.3) is 0 Å². The van der Waals surface area contributed by atoms with Crippen LogP contribution >= 0.6 is 0 Å². The molecule has 1 aromatic carbocycles. The average Bonchev–Trinajstić information content (AvgIpc) is 3.07. The molecule has 0 saturated heterocycles. The molecule has 120 valence electrons. The summed E-state index contributed by atoms with van der Waals surface area (Å²) in [6, 6.07) is 11.0. The lowest BCUT2D eigenvalue weighted by atomic mass is 10.0. The van der Waals surface area contributed by atoms with E-state index in [0.717, 1.165) is 29.0 Å². The Kier molecular flexibility index (Phi) is 4.57. The number of hydrogen-bond donors (Lipinski definition) is 1. The van der Waals surface area contributed by atoms with Crippen LogP contribution in [0.25, 0.3) is 0 Å². The lowest BCUT2D eigenvalue weighted by Gasteiger charge is -2.22. The standard InChI is InChI=1S/C18H20N2O3/c1-12(15-5-3-4-9-19-15)20-17(18(21)22-2)14-6-7-16-13(11-14)8-10-23-16/h3-7,9,11-12,17,20H,8,10H2,1-2H3/t12-,17-/m0/s1. The molecule has 5 nitrogen and oxygen atoms in total. The molecule has 23 heavy (non-hydrogen) atoms. The summed E-state index contributed by atoms with van der Waals surface area (Å²) in [4.78, 5) is 16.6. The van der Waals surface area contributed by atoms with Crippen molar-refractivity contribution in [3.63, 3.8) is 0 Å². The van der Waals surface area contributed by atoms with Crippen LogP contribution in [0.3, 0.4) is 0 Å². The van der Waals surface area contributed by atoms with Crippen molar-refractivity contribution in [3.05, 3.63) is 59.4 Å². The molecule has 0 bridgehead atoms. The first kappa shape index (κ1) is 15.5. The van der Waals surface area contributed by atoms with E-state index in [2.05, 4.69) is 10.3 Å². The van der Waals surface area contributed by atoms with Gasteiger partial charge in [-0.15, -0.1) is 0 Å². The number of fused-ring (bicyclic) bond motifs is 1. The van der Waals surface area contributed by atoms with Gasteiger partial charge in [0.1, 0.15) is 11.8 Å². The second-order valence-corrected chi connectivity index (χ2v) is 5.56. The maximum absolute atomic E-state index is 12.2. The number of hydrogen-bond acceptors (Lipinski definition) is 5. The fraction of sp³-hybridized carbons (Fsp3) is 0.333. The number of benzene rings is 1. The molecule has 1 aliphatic rings. The Labute approximate surface area is 135 Å². The van der Waals surface area contributed by atoms with E-state index in [4.69, 9.17) is 9.47 Å². The number of nitrogens with one attached hydrogen (secondary N) is 1. The van der Waals surface area contributed by atoms with Gasteiger partial charge in [-0.05, 0) is 42.3 Å². The largest absolute Gasteiger partial charge is 0.493 e. The highest BCUT2D eigenvalue weighted by Gasteiger charge is 2.25. The molecule has 1 N–H and O–H groups in total. The third-order valence-electron chi connectivity index (χ3n) is 4.03. The zero-order valence-corrected chi connectivity index (χ0v) is 13.3.